The van der Waals surface area contributed by atoms with Crippen molar-refractivity contribution in [2.75, 3.05) is 18.9 Å². The number of carbonyl (C=O) groups is 1. The summed E-state index contributed by atoms with van der Waals surface area (Å²) in [7, 11) is 1.65. The summed E-state index contributed by atoms with van der Waals surface area (Å²) in [5.74, 6) is 1.56. The van der Waals surface area contributed by atoms with Gasteiger partial charge in [-0.15, -0.1) is 0 Å². The summed E-state index contributed by atoms with van der Waals surface area (Å²) in [5.41, 5.74) is -0.444. The van der Waals surface area contributed by atoms with Gasteiger partial charge in [0.25, 0.3) is 0 Å². The lowest BCUT2D eigenvalue weighted by Gasteiger charge is -2.22. The van der Waals surface area contributed by atoms with Crippen molar-refractivity contribution in [1.82, 2.24) is 14.7 Å². The van der Waals surface area contributed by atoms with Crippen LogP contribution in [-0.2, 0) is 4.79 Å². The maximum Gasteiger partial charge on any atom is 0.227 e. The Labute approximate surface area is 105 Å². The van der Waals surface area contributed by atoms with Crippen molar-refractivity contribution < 1.29 is 4.79 Å². The summed E-state index contributed by atoms with van der Waals surface area (Å²) < 4.78 is 4.31. The highest BCUT2D eigenvalue weighted by molar-refractivity contribution is 7.09. The number of nitrogens with one attached hydrogen (secondary N) is 2. The third kappa shape index (κ3) is 2.94. The van der Waals surface area contributed by atoms with E-state index in [1.807, 2.05) is 13.8 Å². The van der Waals surface area contributed by atoms with Gasteiger partial charge in [0.15, 0.2) is 0 Å². The number of carbonyl (C=O) groups excluding carboxylic acids is 1. The Morgan fingerprint density at radius 3 is 2.82 bits per heavy atom. The van der Waals surface area contributed by atoms with Gasteiger partial charge < -0.3 is 10.6 Å². The van der Waals surface area contributed by atoms with Crippen LogP contribution in [0, 0.1) is 5.41 Å². The van der Waals surface area contributed by atoms with E-state index in [-0.39, 0.29) is 5.91 Å². The summed E-state index contributed by atoms with van der Waals surface area (Å²) in [6, 6.07) is 0. The van der Waals surface area contributed by atoms with Crippen LogP contribution in [0.3, 0.4) is 0 Å². The first-order valence-electron chi connectivity index (χ1n) is 5.82. The summed E-state index contributed by atoms with van der Waals surface area (Å²) in [4.78, 5) is 16.0. The Kier molecular flexibility index (Phi) is 3.33. The molecule has 17 heavy (non-hydrogen) atoms. The normalized spacial score (nSPS) is 15.7. The largest absolute Gasteiger partial charge is 0.359 e. The van der Waals surface area contributed by atoms with Gasteiger partial charge in [-0.2, -0.15) is 4.37 Å². The Balaban J connectivity index is 1.90. The number of nitrogens with zero attached hydrogens (tertiary/aromatic N) is 2. The quantitative estimate of drug-likeness (QED) is 0.837. The molecule has 1 amide bonds. The number of aromatic nitrogens is 2. The molecule has 1 heterocycles. The van der Waals surface area contributed by atoms with Crippen LogP contribution >= 0.6 is 11.5 Å². The minimum Gasteiger partial charge on any atom is -0.359 e. The molecule has 5 nitrogen and oxygen atoms in total. The van der Waals surface area contributed by atoms with Gasteiger partial charge in [0.2, 0.25) is 11.0 Å². The van der Waals surface area contributed by atoms with E-state index in [4.69, 9.17) is 0 Å². The number of anilines is 1. The second kappa shape index (κ2) is 4.60. The molecule has 94 valence electrons. The van der Waals surface area contributed by atoms with Gasteiger partial charge in [0.05, 0.1) is 5.41 Å². The Morgan fingerprint density at radius 2 is 2.24 bits per heavy atom. The van der Waals surface area contributed by atoms with Gasteiger partial charge in [0, 0.05) is 31.0 Å². The van der Waals surface area contributed by atoms with Crippen LogP contribution in [0.1, 0.15) is 38.4 Å². The fourth-order valence-corrected chi connectivity index (χ4v) is 2.17. The molecule has 0 spiro atoms. The SMILES string of the molecule is CNC(=O)C(C)(C)CNc1nc(C2CC2)ns1. The lowest BCUT2D eigenvalue weighted by atomic mass is 9.92. The van der Waals surface area contributed by atoms with E-state index in [0.29, 0.717) is 12.5 Å². The van der Waals surface area contributed by atoms with E-state index in [2.05, 4.69) is 20.0 Å². The Bertz CT molecular complexity index is 411. The van der Waals surface area contributed by atoms with Crippen LogP contribution in [0.4, 0.5) is 5.13 Å². The summed E-state index contributed by atoms with van der Waals surface area (Å²) in [6.45, 7) is 4.37. The predicted molar refractivity (Wildman–Crippen MR) is 68.2 cm³/mol. The minimum absolute atomic E-state index is 0.0249. The molecule has 0 aliphatic heterocycles. The van der Waals surface area contributed by atoms with Crippen LogP contribution in [0.25, 0.3) is 0 Å². The van der Waals surface area contributed by atoms with Crippen molar-refractivity contribution in [3.05, 3.63) is 5.82 Å². The molecule has 6 heteroatoms. The molecule has 0 saturated heterocycles. The van der Waals surface area contributed by atoms with Gasteiger partial charge in [-0.05, 0) is 26.7 Å². The lowest BCUT2D eigenvalue weighted by molar-refractivity contribution is -0.128. The first-order chi connectivity index (χ1) is 8.03. The van der Waals surface area contributed by atoms with Crippen molar-refractivity contribution in [1.29, 1.82) is 0 Å². The molecule has 1 aromatic heterocycles. The highest BCUT2D eigenvalue weighted by Gasteiger charge is 2.29. The summed E-state index contributed by atoms with van der Waals surface area (Å²) >= 11 is 1.37. The third-order valence-corrected chi connectivity index (χ3v) is 3.59. The van der Waals surface area contributed by atoms with E-state index in [0.717, 1.165) is 11.0 Å². The zero-order chi connectivity index (χ0) is 12.5. The van der Waals surface area contributed by atoms with E-state index < -0.39 is 5.41 Å². The number of amides is 1. The lowest BCUT2D eigenvalue weighted by Crippen LogP contribution is -2.39. The standard InChI is InChI=1S/C11H18N4OS/c1-11(2,9(16)12-3)6-13-10-14-8(15-17-10)7-4-5-7/h7H,4-6H2,1-3H3,(H,12,16)(H,13,14,15). The summed E-state index contributed by atoms with van der Waals surface area (Å²) in [6.07, 6.45) is 2.42. The Morgan fingerprint density at radius 1 is 1.53 bits per heavy atom. The molecule has 0 radical (unpaired) electrons. The molecule has 1 aliphatic carbocycles. The molecule has 2 rings (SSSR count). The average Bonchev–Trinajstić information content (AvgIpc) is 3.05. The third-order valence-electron chi connectivity index (χ3n) is 2.91. The highest BCUT2D eigenvalue weighted by atomic mass is 32.1. The molecule has 0 unspecified atom stereocenters. The second-order valence-corrected chi connectivity index (χ2v) is 5.80. The average molecular weight is 254 g/mol. The maximum absolute atomic E-state index is 11.6. The molecular formula is C11H18N4OS. The van der Waals surface area contributed by atoms with Crippen LogP contribution in [0.5, 0.6) is 0 Å². The predicted octanol–water partition coefficient (Wildman–Crippen LogP) is 1.60. The maximum atomic E-state index is 11.6. The fraction of sp³-hybridized carbons (Fsp3) is 0.727. The zero-order valence-electron chi connectivity index (χ0n) is 10.4. The van der Waals surface area contributed by atoms with E-state index in [1.165, 1.54) is 24.4 Å². The molecule has 1 aromatic rings. The topological polar surface area (TPSA) is 66.9 Å². The first-order valence-corrected chi connectivity index (χ1v) is 6.60. The minimum atomic E-state index is -0.444. The van der Waals surface area contributed by atoms with Crippen LogP contribution in [0.15, 0.2) is 0 Å². The van der Waals surface area contributed by atoms with Gasteiger partial charge in [-0.1, -0.05) is 0 Å². The van der Waals surface area contributed by atoms with Gasteiger partial charge in [-0.3, -0.25) is 4.79 Å². The molecule has 0 aromatic carbocycles. The van der Waals surface area contributed by atoms with Crippen molar-refractivity contribution in [3.8, 4) is 0 Å². The summed E-state index contributed by atoms with van der Waals surface area (Å²) in [5, 5.41) is 6.66. The van der Waals surface area contributed by atoms with Crippen LogP contribution in [-0.4, -0.2) is 28.9 Å². The molecule has 2 N–H and O–H groups in total. The molecule has 1 aliphatic rings. The number of hydrogen-bond acceptors (Lipinski definition) is 5. The highest BCUT2D eigenvalue weighted by Crippen LogP contribution is 2.39. The van der Waals surface area contributed by atoms with Crippen molar-refractivity contribution in [3.63, 3.8) is 0 Å². The fourth-order valence-electron chi connectivity index (χ4n) is 1.53. The van der Waals surface area contributed by atoms with Crippen LogP contribution in [0.2, 0.25) is 0 Å². The van der Waals surface area contributed by atoms with E-state index >= 15 is 0 Å². The van der Waals surface area contributed by atoms with Crippen molar-refractivity contribution in [2.24, 2.45) is 5.41 Å². The molecule has 0 bridgehead atoms. The smallest absolute Gasteiger partial charge is 0.227 e. The Hall–Kier alpha value is -1.17. The second-order valence-electron chi connectivity index (χ2n) is 5.05. The number of hydrogen-bond donors (Lipinski definition) is 2. The van der Waals surface area contributed by atoms with E-state index in [1.54, 1.807) is 7.05 Å². The molecule has 0 atom stereocenters. The van der Waals surface area contributed by atoms with Crippen molar-refractivity contribution >= 4 is 22.6 Å². The van der Waals surface area contributed by atoms with Gasteiger partial charge in [0.1, 0.15) is 5.82 Å². The van der Waals surface area contributed by atoms with Gasteiger partial charge >= 0.3 is 0 Å². The number of rotatable bonds is 5. The van der Waals surface area contributed by atoms with Crippen molar-refractivity contribution in [2.45, 2.75) is 32.6 Å². The zero-order valence-corrected chi connectivity index (χ0v) is 11.2. The van der Waals surface area contributed by atoms with E-state index in [9.17, 15) is 4.79 Å². The molecular weight excluding hydrogens is 236 g/mol. The molecule has 1 fully saturated rings. The van der Waals surface area contributed by atoms with Crippen LogP contribution < -0.4 is 10.6 Å². The monoisotopic (exact) mass is 254 g/mol. The first kappa shape index (κ1) is 12.3. The van der Waals surface area contributed by atoms with Gasteiger partial charge in [-0.25, -0.2) is 4.98 Å². The molecule has 1 saturated carbocycles.